The van der Waals surface area contributed by atoms with Crippen molar-refractivity contribution < 1.29 is 4.74 Å². The second-order valence-corrected chi connectivity index (χ2v) is 5.22. The number of nitrogens with zero attached hydrogens (tertiary/aromatic N) is 1. The van der Waals surface area contributed by atoms with Gasteiger partial charge in [0.1, 0.15) is 11.8 Å². The predicted molar refractivity (Wildman–Crippen MR) is 74.9 cm³/mol. The van der Waals surface area contributed by atoms with Gasteiger partial charge in [0.25, 0.3) is 0 Å². The Labute approximate surface area is 118 Å². The van der Waals surface area contributed by atoms with Gasteiger partial charge in [-0.15, -0.1) is 0 Å². The Kier molecular flexibility index (Phi) is 6.56. The Morgan fingerprint density at radius 2 is 2.00 bits per heavy atom. The molecule has 0 amide bonds. The Morgan fingerprint density at radius 3 is 2.53 bits per heavy atom. The van der Waals surface area contributed by atoms with Crippen molar-refractivity contribution in [3.63, 3.8) is 0 Å². The van der Waals surface area contributed by atoms with Crippen molar-refractivity contribution in [3.8, 4) is 11.8 Å². The highest BCUT2D eigenvalue weighted by atomic mass is 79.9. The van der Waals surface area contributed by atoms with Gasteiger partial charge in [-0.1, -0.05) is 6.92 Å². The number of ether oxygens (including phenoxy) is 1. The molecule has 1 rings (SSSR count). The smallest absolute Gasteiger partial charge is 0.174 e. The first-order chi connectivity index (χ1) is 8.19. The van der Waals surface area contributed by atoms with Crippen LogP contribution in [0.2, 0.25) is 0 Å². The molecule has 0 spiro atoms. The molecule has 3 nitrogen and oxygen atoms in total. The molecule has 0 aliphatic rings. The van der Waals surface area contributed by atoms with Crippen LogP contribution in [0.3, 0.4) is 0 Å². The maximum absolute atomic E-state index is 8.49. The molecule has 1 aromatic rings. The van der Waals surface area contributed by atoms with Crippen LogP contribution in [0.25, 0.3) is 0 Å². The highest BCUT2D eigenvalue weighted by Gasteiger charge is 2.08. The summed E-state index contributed by atoms with van der Waals surface area (Å²) in [7, 11) is 0. The summed E-state index contributed by atoms with van der Waals surface area (Å²) in [5, 5.41) is 11.8. The lowest BCUT2D eigenvalue weighted by molar-refractivity contribution is 0.363. The summed E-state index contributed by atoms with van der Waals surface area (Å²) in [5.41, 5.74) is 1.17. The van der Waals surface area contributed by atoms with Crippen molar-refractivity contribution in [3.05, 3.63) is 26.6 Å². The van der Waals surface area contributed by atoms with Crippen LogP contribution in [0.15, 0.2) is 21.1 Å². The Hall–Kier alpha value is -0.570. The second-order valence-electron chi connectivity index (χ2n) is 3.51. The van der Waals surface area contributed by atoms with E-state index in [9.17, 15) is 0 Å². The molecular formula is C12H14Br2N2O. The van der Waals surface area contributed by atoms with Crippen molar-refractivity contribution >= 4 is 31.9 Å². The normalized spacial score (nSPS) is 10.0. The quantitative estimate of drug-likeness (QED) is 0.787. The first-order valence-corrected chi connectivity index (χ1v) is 6.96. The van der Waals surface area contributed by atoms with Crippen molar-refractivity contribution in [2.45, 2.75) is 19.9 Å². The average molecular weight is 362 g/mol. The highest BCUT2D eigenvalue weighted by Crippen LogP contribution is 2.34. The van der Waals surface area contributed by atoms with Gasteiger partial charge in [-0.25, -0.2) is 0 Å². The average Bonchev–Trinajstić information content (AvgIpc) is 2.28. The molecule has 0 unspecified atom stereocenters. The lowest BCUT2D eigenvalue weighted by Gasteiger charge is -2.10. The van der Waals surface area contributed by atoms with Gasteiger partial charge in [-0.2, -0.15) is 5.26 Å². The Balaban J connectivity index is 2.75. The highest BCUT2D eigenvalue weighted by molar-refractivity contribution is 9.11. The third-order valence-electron chi connectivity index (χ3n) is 2.10. The molecule has 1 aromatic carbocycles. The van der Waals surface area contributed by atoms with Crippen molar-refractivity contribution in [2.75, 3.05) is 13.2 Å². The molecular weight excluding hydrogens is 348 g/mol. The van der Waals surface area contributed by atoms with Gasteiger partial charge >= 0.3 is 0 Å². The number of hydrogen-bond acceptors (Lipinski definition) is 3. The molecule has 1 N–H and O–H groups in total. The van der Waals surface area contributed by atoms with Crippen LogP contribution >= 0.6 is 31.9 Å². The zero-order valence-electron chi connectivity index (χ0n) is 9.59. The van der Waals surface area contributed by atoms with Crippen LogP contribution in [0, 0.1) is 11.3 Å². The largest absolute Gasteiger partial charge is 0.476 e. The van der Waals surface area contributed by atoms with Crippen LogP contribution in [0.1, 0.15) is 18.9 Å². The number of nitriles is 1. The zero-order valence-corrected chi connectivity index (χ0v) is 12.8. The number of hydrogen-bond donors (Lipinski definition) is 1. The minimum Gasteiger partial charge on any atom is -0.476 e. The van der Waals surface area contributed by atoms with E-state index in [-0.39, 0.29) is 6.61 Å². The third-order valence-corrected chi connectivity index (χ3v) is 3.27. The predicted octanol–water partition coefficient (Wildman–Crippen LogP) is 3.61. The van der Waals surface area contributed by atoms with E-state index in [0.29, 0.717) is 5.75 Å². The molecule has 17 heavy (non-hydrogen) atoms. The summed E-state index contributed by atoms with van der Waals surface area (Å²) >= 11 is 6.89. The first kappa shape index (κ1) is 14.5. The van der Waals surface area contributed by atoms with E-state index in [2.05, 4.69) is 44.1 Å². The number of rotatable bonds is 6. The standard InChI is InChI=1S/C12H14Br2N2O/c1-2-4-16-8-9-6-10(13)12(11(14)7-9)17-5-3-15/h6-7,16H,2,4-5,8H2,1H3. The SMILES string of the molecule is CCCNCc1cc(Br)c(OCC#N)c(Br)c1. The van der Waals surface area contributed by atoms with Gasteiger partial charge < -0.3 is 10.1 Å². The van der Waals surface area contributed by atoms with Crippen LogP contribution in [-0.4, -0.2) is 13.2 Å². The molecule has 0 radical (unpaired) electrons. The zero-order chi connectivity index (χ0) is 12.7. The number of benzene rings is 1. The van der Waals surface area contributed by atoms with Gasteiger partial charge in [-0.05, 0) is 62.5 Å². The maximum Gasteiger partial charge on any atom is 0.174 e. The van der Waals surface area contributed by atoms with Crippen molar-refractivity contribution in [1.82, 2.24) is 5.32 Å². The van der Waals surface area contributed by atoms with Crippen LogP contribution < -0.4 is 10.1 Å². The lowest BCUT2D eigenvalue weighted by atomic mass is 10.2. The fourth-order valence-corrected chi connectivity index (χ4v) is 2.88. The molecule has 0 atom stereocenters. The molecule has 5 heteroatoms. The van der Waals surface area contributed by atoms with Crippen molar-refractivity contribution in [2.24, 2.45) is 0 Å². The van der Waals surface area contributed by atoms with Crippen LogP contribution in [0.4, 0.5) is 0 Å². The first-order valence-electron chi connectivity index (χ1n) is 5.37. The van der Waals surface area contributed by atoms with E-state index in [1.807, 2.05) is 18.2 Å². The molecule has 0 fully saturated rings. The van der Waals surface area contributed by atoms with E-state index >= 15 is 0 Å². The fraction of sp³-hybridized carbons (Fsp3) is 0.417. The lowest BCUT2D eigenvalue weighted by Crippen LogP contribution is -2.13. The third kappa shape index (κ3) is 4.66. The van der Waals surface area contributed by atoms with E-state index in [1.54, 1.807) is 0 Å². The summed E-state index contributed by atoms with van der Waals surface area (Å²) in [4.78, 5) is 0. The second kappa shape index (κ2) is 7.70. The molecule has 0 heterocycles. The van der Waals surface area contributed by atoms with Gasteiger partial charge in [0, 0.05) is 6.54 Å². The number of nitrogens with one attached hydrogen (secondary N) is 1. The monoisotopic (exact) mass is 360 g/mol. The van der Waals surface area contributed by atoms with Crippen molar-refractivity contribution in [1.29, 1.82) is 5.26 Å². The molecule has 0 aliphatic carbocycles. The van der Waals surface area contributed by atoms with Crippen LogP contribution in [0.5, 0.6) is 5.75 Å². The summed E-state index contributed by atoms with van der Waals surface area (Å²) in [6.45, 7) is 4.01. The molecule has 0 saturated heterocycles. The molecule has 0 saturated carbocycles. The van der Waals surface area contributed by atoms with E-state index in [0.717, 1.165) is 28.5 Å². The van der Waals surface area contributed by atoms with Gasteiger partial charge in [0.2, 0.25) is 0 Å². The Morgan fingerprint density at radius 1 is 1.35 bits per heavy atom. The van der Waals surface area contributed by atoms with Gasteiger partial charge in [-0.3, -0.25) is 0 Å². The summed E-state index contributed by atoms with van der Waals surface area (Å²) in [6.07, 6.45) is 1.12. The van der Waals surface area contributed by atoms with Gasteiger partial charge in [0.15, 0.2) is 6.61 Å². The molecule has 0 bridgehead atoms. The molecule has 0 aromatic heterocycles. The van der Waals surface area contributed by atoms with Crippen LogP contribution in [-0.2, 0) is 6.54 Å². The maximum atomic E-state index is 8.49. The van der Waals surface area contributed by atoms with E-state index < -0.39 is 0 Å². The van der Waals surface area contributed by atoms with E-state index in [4.69, 9.17) is 10.00 Å². The number of halogens is 2. The Bertz CT molecular complexity index is 392. The minimum atomic E-state index is 0.0463. The summed E-state index contributed by atoms with van der Waals surface area (Å²) in [5.74, 6) is 0.672. The topological polar surface area (TPSA) is 45.0 Å². The molecule has 92 valence electrons. The van der Waals surface area contributed by atoms with E-state index in [1.165, 1.54) is 5.56 Å². The molecule has 0 aliphatic heterocycles. The minimum absolute atomic E-state index is 0.0463. The summed E-state index contributed by atoms with van der Waals surface area (Å²) < 4.78 is 7.04. The fourth-order valence-electron chi connectivity index (χ4n) is 1.37. The van der Waals surface area contributed by atoms with Gasteiger partial charge in [0.05, 0.1) is 8.95 Å². The summed E-state index contributed by atoms with van der Waals surface area (Å²) in [6, 6.07) is 5.95.